The van der Waals surface area contributed by atoms with Gasteiger partial charge in [0.05, 0.1) is 38.1 Å². The molecule has 0 radical (unpaired) electrons. The fourth-order valence-corrected chi connectivity index (χ4v) is 1.35. The van der Waals surface area contributed by atoms with Gasteiger partial charge >= 0.3 is 5.97 Å². The van der Waals surface area contributed by atoms with Gasteiger partial charge < -0.3 is 24.1 Å². The van der Waals surface area contributed by atoms with E-state index in [-0.39, 0.29) is 24.9 Å². The predicted octanol–water partition coefficient (Wildman–Crippen LogP) is 1.71. The Morgan fingerprint density at radius 1 is 0.950 bits per heavy atom. The summed E-state index contributed by atoms with van der Waals surface area (Å²) >= 11 is 0. The van der Waals surface area contributed by atoms with Crippen LogP contribution in [0.1, 0.15) is 34.1 Å². The molecule has 20 heavy (non-hydrogen) atoms. The van der Waals surface area contributed by atoms with Crippen molar-refractivity contribution in [3.8, 4) is 0 Å². The van der Waals surface area contributed by atoms with Crippen molar-refractivity contribution in [1.82, 2.24) is 0 Å². The Balaban J connectivity index is 3.57. The number of ether oxygens (including phenoxy) is 4. The number of hydrogen-bond donors (Lipinski definition) is 1. The molecule has 0 aliphatic rings. The van der Waals surface area contributed by atoms with Gasteiger partial charge in [-0.1, -0.05) is 6.92 Å². The highest BCUT2D eigenvalue weighted by Gasteiger charge is 2.10. The van der Waals surface area contributed by atoms with Gasteiger partial charge in [0.2, 0.25) is 0 Å². The van der Waals surface area contributed by atoms with Crippen LogP contribution in [0.5, 0.6) is 0 Å². The van der Waals surface area contributed by atoms with Crippen LogP contribution >= 0.6 is 0 Å². The van der Waals surface area contributed by atoms with Crippen molar-refractivity contribution in [1.29, 1.82) is 0 Å². The monoisotopic (exact) mass is 292 g/mol. The van der Waals surface area contributed by atoms with Crippen molar-refractivity contribution < 1.29 is 28.8 Å². The van der Waals surface area contributed by atoms with Crippen LogP contribution in [0.15, 0.2) is 0 Å². The summed E-state index contributed by atoms with van der Waals surface area (Å²) in [5.41, 5.74) is 0. The van der Waals surface area contributed by atoms with Crippen molar-refractivity contribution in [3.05, 3.63) is 0 Å². The maximum absolute atomic E-state index is 10.3. The van der Waals surface area contributed by atoms with E-state index < -0.39 is 5.97 Å². The maximum Gasteiger partial charge on any atom is 0.329 e. The van der Waals surface area contributed by atoms with Crippen molar-refractivity contribution >= 4 is 5.97 Å². The van der Waals surface area contributed by atoms with Crippen molar-refractivity contribution in [2.75, 3.05) is 33.0 Å². The molecule has 0 rings (SSSR count). The molecule has 0 aromatic heterocycles. The highest BCUT2D eigenvalue weighted by molar-refractivity contribution is 5.68. The van der Waals surface area contributed by atoms with E-state index in [1.54, 1.807) is 6.92 Å². The van der Waals surface area contributed by atoms with Gasteiger partial charge in [0, 0.05) is 6.61 Å². The third kappa shape index (κ3) is 12.3. The van der Waals surface area contributed by atoms with Crippen LogP contribution < -0.4 is 0 Å². The first-order valence-corrected chi connectivity index (χ1v) is 7.10. The lowest BCUT2D eigenvalue weighted by Gasteiger charge is -2.19. The second-order valence-corrected chi connectivity index (χ2v) is 4.88. The molecule has 0 aliphatic heterocycles. The third-order valence-corrected chi connectivity index (χ3v) is 2.42. The summed E-state index contributed by atoms with van der Waals surface area (Å²) in [5, 5.41) is 8.48. The van der Waals surface area contributed by atoms with Gasteiger partial charge in [0.1, 0.15) is 6.61 Å². The van der Waals surface area contributed by atoms with Crippen LogP contribution in [-0.4, -0.2) is 62.4 Å². The maximum atomic E-state index is 10.3. The standard InChI is InChI=1S/C14H28O6/c1-5-6-17-7-11(2)18-8-12(3)19-9-13(4)20-10-14(15)16/h11-13H,5-10H2,1-4H3,(H,15,16). The predicted molar refractivity (Wildman–Crippen MR) is 75.0 cm³/mol. The molecule has 0 saturated carbocycles. The first-order chi connectivity index (χ1) is 9.45. The molecular weight excluding hydrogens is 264 g/mol. The average molecular weight is 292 g/mol. The van der Waals surface area contributed by atoms with E-state index in [1.165, 1.54) is 0 Å². The molecule has 3 unspecified atom stereocenters. The van der Waals surface area contributed by atoms with E-state index in [4.69, 9.17) is 24.1 Å². The zero-order valence-corrected chi connectivity index (χ0v) is 13.0. The van der Waals surface area contributed by atoms with E-state index in [0.717, 1.165) is 13.0 Å². The summed E-state index contributed by atoms with van der Waals surface area (Å²) in [6.45, 7) is 9.55. The van der Waals surface area contributed by atoms with Crippen molar-refractivity contribution in [3.63, 3.8) is 0 Å². The van der Waals surface area contributed by atoms with Crippen molar-refractivity contribution in [2.45, 2.75) is 52.4 Å². The first kappa shape index (κ1) is 19.3. The second kappa shape index (κ2) is 12.1. The van der Waals surface area contributed by atoms with Gasteiger partial charge in [-0.2, -0.15) is 0 Å². The molecule has 0 aliphatic carbocycles. The van der Waals surface area contributed by atoms with Gasteiger partial charge in [-0.25, -0.2) is 4.79 Å². The quantitative estimate of drug-likeness (QED) is 0.521. The third-order valence-electron chi connectivity index (χ3n) is 2.42. The molecule has 0 bridgehead atoms. The molecular formula is C14H28O6. The largest absolute Gasteiger partial charge is 0.480 e. The van der Waals surface area contributed by atoms with Crippen LogP contribution in [0.2, 0.25) is 0 Å². The molecule has 0 aromatic carbocycles. The molecule has 0 aromatic rings. The summed E-state index contributed by atoms with van der Waals surface area (Å²) in [6.07, 6.45) is 0.715. The van der Waals surface area contributed by atoms with Crippen LogP contribution in [0, 0.1) is 0 Å². The molecule has 0 saturated heterocycles. The number of rotatable bonds is 13. The Bertz CT molecular complexity index is 246. The summed E-state index contributed by atoms with van der Waals surface area (Å²) in [4.78, 5) is 10.3. The lowest BCUT2D eigenvalue weighted by Crippen LogP contribution is -2.27. The summed E-state index contributed by atoms with van der Waals surface area (Å²) < 4.78 is 21.6. The Morgan fingerprint density at radius 2 is 1.45 bits per heavy atom. The minimum atomic E-state index is -0.978. The summed E-state index contributed by atoms with van der Waals surface area (Å²) in [5.74, 6) is -0.978. The highest BCUT2D eigenvalue weighted by Crippen LogP contribution is 2.00. The van der Waals surface area contributed by atoms with Crippen LogP contribution in [0.25, 0.3) is 0 Å². The minimum Gasteiger partial charge on any atom is -0.480 e. The Morgan fingerprint density at radius 3 is 1.95 bits per heavy atom. The van der Waals surface area contributed by atoms with Gasteiger partial charge in [-0.15, -0.1) is 0 Å². The normalized spacial score (nSPS) is 15.8. The van der Waals surface area contributed by atoms with E-state index in [9.17, 15) is 4.79 Å². The lowest BCUT2D eigenvalue weighted by atomic mass is 10.4. The number of carboxylic acid groups (broad SMARTS) is 1. The average Bonchev–Trinajstić information content (AvgIpc) is 2.40. The molecule has 1 N–H and O–H groups in total. The van der Waals surface area contributed by atoms with Gasteiger partial charge in [-0.05, 0) is 27.2 Å². The number of hydrogen-bond acceptors (Lipinski definition) is 5. The smallest absolute Gasteiger partial charge is 0.329 e. The van der Waals surface area contributed by atoms with E-state index in [0.29, 0.717) is 19.8 Å². The zero-order chi connectivity index (χ0) is 15.4. The van der Waals surface area contributed by atoms with Crippen molar-refractivity contribution in [2.24, 2.45) is 0 Å². The van der Waals surface area contributed by atoms with Crippen LogP contribution in [0.3, 0.4) is 0 Å². The molecule has 0 amide bonds. The number of aliphatic carboxylic acids is 1. The van der Waals surface area contributed by atoms with Gasteiger partial charge in [-0.3, -0.25) is 0 Å². The molecule has 120 valence electrons. The summed E-state index contributed by atoms with van der Waals surface area (Å²) in [7, 11) is 0. The zero-order valence-electron chi connectivity index (χ0n) is 13.0. The lowest BCUT2D eigenvalue weighted by molar-refractivity contribution is -0.146. The second-order valence-electron chi connectivity index (χ2n) is 4.88. The molecule has 6 nitrogen and oxygen atoms in total. The van der Waals surface area contributed by atoms with Crippen LogP contribution in [-0.2, 0) is 23.7 Å². The molecule has 0 fully saturated rings. The first-order valence-electron chi connectivity index (χ1n) is 7.10. The van der Waals surface area contributed by atoms with E-state index >= 15 is 0 Å². The van der Waals surface area contributed by atoms with Crippen LogP contribution in [0.4, 0.5) is 0 Å². The topological polar surface area (TPSA) is 74.2 Å². The fourth-order valence-electron chi connectivity index (χ4n) is 1.35. The van der Waals surface area contributed by atoms with Gasteiger partial charge in [0.25, 0.3) is 0 Å². The minimum absolute atomic E-state index is 0.0354. The SMILES string of the molecule is CCCOCC(C)OCC(C)OCC(C)OCC(=O)O. The highest BCUT2D eigenvalue weighted by atomic mass is 16.6. The molecule has 3 atom stereocenters. The Labute approximate surface area is 121 Å². The molecule has 6 heteroatoms. The summed E-state index contributed by atoms with van der Waals surface area (Å²) in [6, 6.07) is 0. The van der Waals surface area contributed by atoms with Gasteiger partial charge in [0.15, 0.2) is 0 Å². The van der Waals surface area contributed by atoms with E-state index in [2.05, 4.69) is 6.92 Å². The molecule has 0 spiro atoms. The number of carboxylic acids is 1. The Hall–Kier alpha value is -0.690. The molecule has 0 heterocycles. The Kier molecular flexibility index (Phi) is 11.7. The fraction of sp³-hybridized carbons (Fsp3) is 0.929. The number of carbonyl (C=O) groups is 1. The van der Waals surface area contributed by atoms with E-state index in [1.807, 2.05) is 13.8 Å².